The molecule has 82 valence electrons. The molecule has 4 nitrogen and oxygen atoms in total. The van der Waals surface area contributed by atoms with Crippen LogP contribution < -0.4 is 5.73 Å². The van der Waals surface area contributed by atoms with Gasteiger partial charge >= 0.3 is 5.97 Å². The summed E-state index contributed by atoms with van der Waals surface area (Å²) >= 11 is 0. The monoisotopic (exact) mass is 208 g/mol. The highest BCUT2D eigenvalue weighted by Gasteiger charge is 2.35. The summed E-state index contributed by atoms with van der Waals surface area (Å²) in [7, 11) is 0. The standard InChI is InChI=1S/C8H14F2N2O2/c9-8(10)2-1-3-12(5-8)4-6(11)7(13)14/h6H,1-5,11H2,(H,13,14). The number of hydrogen-bond donors (Lipinski definition) is 2. The molecule has 1 heterocycles. The van der Waals surface area contributed by atoms with E-state index in [9.17, 15) is 13.6 Å². The molecule has 1 aliphatic rings. The van der Waals surface area contributed by atoms with Crippen LogP contribution in [-0.2, 0) is 4.79 Å². The van der Waals surface area contributed by atoms with E-state index in [1.165, 1.54) is 4.90 Å². The van der Waals surface area contributed by atoms with Crippen LogP contribution in [0.25, 0.3) is 0 Å². The van der Waals surface area contributed by atoms with Crippen molar-refractivity contribution in [1.82, 2.24) is 4.90 Å². The van der Waals surface area contributed by atoms with E-state index in [4.69, 9.17) is 10.8 Å². The Kier molecular flexibility index (Phi) is 3.38. The maximum atomic E-state index is 12.9. The molecule has 1 unspecified atom stereocenters. The third-order valence-corrected chi connectivity index (χ3v) is 2.24. The fourth-order valence-corrected chi connectivity index (χ4v) is 1.56. The molecule has 0 saturated carbocycles. The van der Waals surface area contributed by atoms with Gasteiger partial charge < -0.3 is 10.8 Å². The molecule has 1 rings (SSSR count). The van der Waals surface area contributed by atoms with Crippen LogP contribution in [-0.4, -0.2) is 47.6 Å². The molecule has 1 atom stereocenters. The molecular formula is C8H14F2N2O2. The van der Waals surface area contributed by atoms with E-state index >= 15 is 0 Å². The Hall–Kier alpha value is -0.750. The van der Waals surface area contributed by atoms with Crippen molar-refractivity contribution in [3.05, 3.63) is 0 Å². The molecule has 0 amide bonds. The number of piperidine rings is 1. The lowest BCUT2D eigenvalue weighted by Gasteiger charge is -2.33. The minimum Gasteiger partial charge on any atom is -0.480 e. The fraction of sp³-hybridized carbons (Fsp3) is 0.875. The summed E-state index contributed by atoms with van der Waals surface area (Å²) in [6.07, 6.45) is 0.269. The number of carbonyl (C=O) groups is 1. The van der Waals surface area contributed by atoms with Gasteiger partial charge in [-0.3, -0.25) is 9.69 Å². The van der Waals surface area contributed by atoms with Crippen LogP contribution in [0.5, 0.6) is 0 Å². The molecule has 0 aliphatic carbocycles. The Balaban J connectivity index is 2.42. The maximum absolute atomic E-state index is 12.9. The number of hydrogen-bond acceptors (Lipinski definition) is 3. The summed E-state index contributed by atoms with van der Waals surface area (Å²) in [5.41, 5.74) is 5.25. The molecule has 0 bridgehead atoms. The number of rotatable bonds is 3. The Morgan fingerprint density at radius 1 is 1.64 bits per heavy atom. The van der Waals surface area contributed by atoms with Gasteiger partial charge in [-0.25, -0.2) is 8.78 Å². The number of carboxylic acids is 1. The van der Waals surface area contributed by atoms with Gasteiger partial charge in [0, 0.05) is 13.0 Å². The normalized spacial score (nSPS) is 24.5. The predicted octanol–water partition coefficient (Wildman–Crippen LogP) is 0.129. The molecule has 1 fully saturated rings. The van der Waals surface area contributed by atoms with E-state index in [2.05, 4.69) is 0 Å². The minimum absolute atomic E-state index is 0.00900. The van der Waals surface area contributed by atoms with Gasteiger partial charge in [0.05, 0.1) is 6.54 Å². The first kappa shape index (κ1) is 11.3. The number of alkyl halides is 2. The van der Waals surface area contributed by atoms with Crippen LogP contribution in [0.2, 0.25) is 0 Å². The molecule has 0 aromatic rings. The number of carboxylic acid groups (broad SMARTS) is 1. The molecule has 0 aromatic carbocycles. The highest BCUT2D eigenvalue weighted by molar-refractivity contribution is 5.73. The summed E-state index contributed by atoms with van der Waals surface area (Å²) < 4.78 is 25.8. The molecular weight excluding hydrogens is 194 g/mol. The quantitative estimate of drug-likeness (QED) is 0.691. The average Bonchev–Trinajstić information content (AvgIpc) is 2.01. The molecule has 6 heteroatoms. The molecule has 3 N–H and O–H groups in total. The van der Waals surface area contributed by atoms with E-state index in [0.29, 0.717) is 13.0 Å². The first-order chi connectivity index (χ1) is 6.41. The summed E-state index contributed by atoms with van der Waals surface area (Å²) in [5.74, 6) is -3.85. The third-order valence-electron chi connectivity index (χ3n) is 2.24. The summed E-state index contributed by atoms with van der Waals surface area (Å²) in [4.78, 5) is 11.8. The highest BCUT2D eigenvalue weighted by Crippen LogP contribution is 2.26. The zero-order valence-corrected chi connectivity index (χ0v) is 7.75. The first-order valence-electron chi connectivity index (χ1n) is 4.49. The van der Waals surface area contributed by atoms with Crippen molar-refractivity contribution in [3.8, 4) is 0 Å². The van der Waals surface area contributed by atoms with Gasteiger partial charge in [-0.05, 0) is 13.0 Å². The van der Waals surface area contributed by atoms with E-state index < -0.39 is 17.9 Å². The molecule has 1 saturated heterocycles. The van der Waals surface area contributed by atoms with Crippen LogP contribution in [0.1, 0.15) is 12.8 Å². The van der Waals surface area contributed by atoms with Crippen LogP contribution in [0.4, 0.5) is 8.78 Å². The Morgan fingerprint density at radius 3 is 2.79 bits per heavy atom. The minimum atomic E-state index is -2.70. The van der Waals surface area contributed by atoms with Gasteiger partial charge in [0.1, 0.15) is 6.04 Å². The van der Waals surface area contributed by atoms with Gasteiger partial charge in [-0.15, -0.1) is 0 Å². The first-order valence-corrected chi connectivity index (χ1v) is 4.49. The van der Waals surface area contributed by atoms with Crippen LogP contribution in [0, 0.1) is 0 Å². The van der Waals surface area contributed by atoms with Crippen molar-refractivity contribution in [1.29, 1.82) is 0 Å². The topological polar surface area (TPSA) is 66.6 Å². The SMILES string of the molecule is NC(CN1CCCC(F)(F)C1)C(=O)O. The fourth-order valence-electron chi connectivity index (χ4n) is 1.56. The smallest absolute Gasteiger partial charge is 0.321 e. The summed E-state index contributed by atoms with van der Waals surface area (Å²) in [6.45, 7) is 0.107. The Labute approximate surface area is 80.7 Å². The second-order valence-corrected chi connectivity index (χ2v) is 3.64. The maximum Gasteiger partial charge on any atom is 0.321 e. The molecule has 14 heavy (non-hydrogen) atoms. The lowest BCUT2D eigenvalue weighted by molar-refractivity contribution is -0.139. The second kappa shape index (κ2) is 4.18. The molecule has 0 radical (unpaired) electrons. The third kappa shape index (κ3) is 3.19. The van der Waals surface area contributed by atoms with Gasteiger partial charge in [-0.2, -0.15) is 0 Å². The van der Waals surface area contributed by atoms with E-state index in [1.54, 1.807) is 0 Å². The van der Waals surface area contributed by atoms with Gasteiger partial charge in [0.2, 0.25) is 0 Å². The zero-order chi connectivity index (χ0) is 10.8. The highest BCUT2D eigenvalue weighted by atomic mass is 19.3. The number of nitrogens with two attached hydrogens (primary N) is 1. The van der Waals surface area contributed by atoms with Crippen molar-refractivity contribution in [2.75, 3.05) is 19.6 Å². The van der Waals surface area contributed by atoms with Crippen molar-refractivity contribution >= 4 is 5.97 Å². The largest absolute Gasteiger partial charge is 0.480 e. The molecule has 0 aromatic heterocycles. The Bertz CT molecular complexity index is 223. The van der Waals surface area contributed by atoms with Crippen molar-refractivity contribution in [3.63, 3.8) is 0 Å². The van der Waals surface area contributed by atoms with E-state index in [-0.39, 0.29) is 19.5 Å². The van der Waals surface area contributed by atoms with Crippen molar-refractivity contribution in [2.24, 2.45) is 5.73 Å². The van der Waals surface area contributed by atoms with Crippen molar-refractivity contribution < 1.29 is 18.7 Å². The van der Waals surface area contributed by atoms with Crippen molar-refractivity contribution in [2.45, 2.75) is 24.8 Å². The van der Waals surface area contributed by atoms with E-state index in [1.807, 2.05) is 0 Å². The molecule has 1 aliphatic heterocycles. The van der Waals surface area contributed by atoms with E-state index in [0.717, 1.165) is 0 Å². The van der Waals surface area contributed by atoms with Gasteiger partial charge in [0.25, 0.3) is 5.92 Å². The summed E-state index contributed by atoms with van der Waals surface area (Å²) in [6, 6.07) is -1.08. The predicted molar refractivity (Wildman–Crippen MR) is 46.2 cm³/mol. The number of likely N-dealkylation sites (tertiary alicyclic amines) is 1. The van der Waals surface area contributed by atoms with Crippen LogP contribution in [0.15, 0.2) is 0 Å². The lowest BCUT2D eigenvalue weighted by atomic mass is 10.1. The van der Waals surface area contributed by atoms with Gasteiger partial charge in [-0.1, -0.05) is 0 Å². The van der Waals surface area contributed by atoms with Crippen LogP contribution in [0.3, 0.4) is 0 Å². The lowest BCUT2D eigenvalue weighted by Crippen LogP contribution is -2.49. The number of aliphatic carboxylic acids is 1. The van der Waals surface area contributed by atoms with Crippen LogP contribution >= 0.6 is 0 Å². The zero-order valence-electron chi connectivity index (χ0n) is 7.75. The number of halogens is 2. The second-order valence-electron chi connectivity index (χ2n) is 3.64. The van der Waals surface area contributed by atoms with Gasteiger partial charge in [0.15, 0.2) is 0 Å². The number of nitrogens with zero attached hydrogens (tertiary/aromatic N) is 1. The molecule has 0 spiro atoms. The summed E-state index contributed by atoms with van der Waals surface area (Å²) in [5, 5.41) is 8.50. The average molecular weight is 208 g/mol. The Morgan fingerprint density at radius 2 is 2.29 bits per heavy atom.